The van der Waals surface area contributed by atoms with Crippen molar-refractivity contribution in [3.8, 4) is 0 Å². The summed E-state index contributed by atoms with van der Waals surface area (Å²) < 4.78 is 16.8. The molecule has 1 unspecified atom stereocenters. The summed E-state index contributed by atoms with van der Waals surface area (Å²) >= 11 is 0. The lowest BCUT2D eigenvalue weighted by Crippen LogP contribution is -2.30. The summed E-state index contributed by atoms with van der Waals surface area (Å²) in [5, 5.41) is 0. The lowest BCUT2D eigenvalue weighted by molar-refractivity contribution is -0.167. The Hall–Kier alpha value is -3.67. The molecule has 0 aromatic carbocycles. The topological polar surface area (TPSA) is 78.9 Å². The first-order valence-electron chi connectivity index (χ1n) is 28.2. The maximum atomic E-state index is 12.8. The van der Waals surface area contributed by atoms with Gasteiger partial charge in [0.25, 0.3) is 0 Å². The Balaban J connectivity index is 4.31. The number of unbranched alkanes of at least 4 members (excludes halogenated alkanes) is 23. The van der Waals surface area contributed by atoms with Crippen molar-refractivity contribution in [3.63, 3.8) is 0 Å². The predicted octanol–water partition coefficient (Wildman–Crippen LogP) is 18.9. The molecule has 0 aliphatic rings. The molecule has 0 fully saturated rings. The minimum atomic E-state index is -0.788. The third kappa shape index (κ3) is 53.3. The summed E-state index contributed by atoms with van der Waals surface area (Å²) in [6, 6.07) is 0. The Kier molecular flexibility index (Phi) is 52.9. The molecular weight excluding hydrogens is 841 g/mol. The Morgan fingerprint density at radius 1 is 0.309 bits per heavy atom. The number of allylic oxidation sites excluding steroid dienone is 16. The van der Waals surface area contributed by atoms with E-state index in [1.165, 1.54) is 83.5 Å². The number of hydrogen-bond acceptors (Lipinski definition) is 6. The van der Waals surface area contributed by atoms with Crippen LogP contribution in [-0.2, 0) is 28.6 Å². The van der Waals surface area contributed by atoms with Gasteiger partial charge in [0.1, 0.15) is 13.2 Å². The molecule has 0 heterocycles. The summed E-state index contributed by atoms with van der Waals surface area (Å²) in [4.78, 5) is 38.0. The molecule has 388 valence electrons. The normalized spacial score (nSPS) is 12.8. The van der Waals surface area contributed by atoms with Crippen molar-refractivity contribution in [2.75, 3.05) is 13.2 Å². The zero-order valence-corrected chi connectivity index (χ0v) is 44.3. The molecule has 0 aliphatic heterocycles. The zero-order chi connectivity index (χ0) is 49.3. The van der Waals surface area contributed by atoms with E-state index >= 15 is 0 Å². The fraction of sp³-hybridized carbons (Fsp3) is 0.694. The van der Waals surface area contributed by atoms with Gasteiger partial charge in [-0.05, 0) is 103 Å². The highest BCUT2D eigenvalue weighted by Gasteiger charge is 2.19. The van der Waals surface area contributed by atoms with Crippen molar-refractivity contribution < 1.29 is 28.6 Å². The van der Waals surface area contributed by atoms with Crippen LogP contribution in [0.4, 0.5) is 0 Å². The van der Waals surface area contributed by atoms with E-state index in [2.05, 4.69) is 118 Å². The molecule has 0 spiro atoms. The number of carbonyl (C=O) groups excluding carboxylic acids is 3. The van der Waals surface area contributed by atoms with Gasteiger partial charge in [0.05, 0.1) is 0 Å². The summed E-state index contributed by atoms with van der Waals surface area (Å²) in [6.45, 7) is 6.47. The summed E-state index contributed by atoms with van der Waals surface area (Å²) in [5.41, 5.74) is 0. The van der Waals surface area contributed by atoms with Crippen molar-refractivity contribution in [2.24, 2.45) is 0 Å². The van der Waals surface area contributed by atoms with E-state index in [9.17, 15) is 14.4 Å². The molecule has 0 radical (unpaired) electrons. The second kappa shape index (κ2) is 55.9. The van der Waals surface area contributed by atoms with Gasteiger partial charge in [0.15, 0.2) is 6.10 Å². The Bertz CT molecular complexity index is 1360. The van der Waals surface area contributed by atoms with Crippen LogP contribution in [0, 0.1) is 0 Å². The van der Waals surface area contributed by atoms with E-state index in [1.54, 1.807) is 0 Å². The minimum Gasteiger partial charge on any atom is -0.462 e. The fourth-order valence-electron chi connectivity index (χ4n) is 7.59. The maximum absolute atomic E-state index is 12.8. The number of hydrogen-bond donors (Lipinski definition) is 0. The van der Waals surface area contributed by atoms with Gasteiger partial charge in [-0.3, -0.25) is 14.4 Å². The fourth-order valence-corrected chi connectivity index (χ4v) is 7.59. The SMILES string of the molecule is CC/C=C\C/C=C\C/C=C\C/C=C\C/C=C\C/C=C\C/C=C\CCCCCCCC(=O)OCC(COC(=O)CCCCCCCCCCCCC)OC(=O)CCCCCCC/C=C\CCCCC. The maximum Gasteiger partial charge on any atom is 0.306 e. The molecule has 0 aromatic rings. The van der Waals surface area contributed by atoms with Gasteiger partial charge in [0.2, 0.25) is 0 Å². The van der Waals surface area contributed by atoms with Gasteiger partial charge in [-0.1, -0.05) is 234 Å². The summed E-state index contributed by atoms with van der Waals surface area (Å²) in [6.07, 6.45) is 74.0. The van der Waals surface area contributed by atoms with Gasteiger partial charge in [-0.25, -0.2) is 0 Å². The first-order valence-corrected chi connectivity index (χ1v) is 28.2. The standard InChI is InChI=1S/C62H104O6/c1-4-7-10-13-16-19-22-24-25-26-27-28-29-30-31-32-33-34-35-36-37-38-41-43-46-49-52-55-61(64)67-58-59(57-66-60(63)54-51-48-45-42-39-21-18-15-12-9-6-3)68-62(65)56-53-50-47-44-40-23-20-17-14-11-8-5-2/h7,10,16-17,19-20,24-25,27-28,30-31,33-34,36-37,59H,4-6,8-9,11-15,18,21-23,26,29,32,35,38-58H2,1-3H3/b10-7-,19-16-,20-17-,25-24-,28-27-,31-30-,34-33-,37-36-. The molecule has 6 heteroatoms. The van der Waals surface area contributed by atoms with Crippen LogP contribution in [-0.4, -0.2) is 37.2 Å². The largest absolute Gasteiger partial charge is 0.462 e. The highest BCUT2D eigenvalue weighted by Crippen LogP contribution is 2.14. The number of carbonyl (C=O) groups is 3. The van der Waals surface area contributed by atoms with E-state index in [0.29, 0.717) is 19.3 Å². The molecule has 6 nitrogen and oxygen atoms in total. The molecule has 0 bridgehead atoms. The first-order chi connectivity index (χ1) is 33.5. The van der Waals surface area contributed by atoms with Crippen LogP contribution in [0.5, 0.6) is 0 Å². The van der Waals surface area contributed by atoms with Crippen molar-refractivity contribution in [3.05, 3.63) is 97.2 Å². The lowest BCUT2D eigenvalue weighted by Gasteiger charge is -2.18. The van der Waals surface area contributed by atoms with E-state index in [-0.39, 0.29) is 31.1 Å². The molecule has 0 N–H and O–H groups in total. The third-order valence-corrected chi connectivity index (χ3v) is 11.8. The van der Waals surface area contributed by atoms with Gasteiger partial charge in [0, 0.05) is 19.3 Å². The van der Waals surface area contributed by atoms with Gasteiger partial charge < -0.3 is 14.2 Å². The van der Waals surface area contributed by atoms with E-state index in [4.69, 9.17) is 14.2 Å². The molecular formula is C62H104O6. The Morgan fingerprint density at radius 2 is 0.574 bits per heavy atom. The highest BCUT2D eigenvalue weighted by molar-refractivity contribution is 5.71. The molecule has 0 aromatic heterocycles. The van der Waals surface area contributed by atoms with Crippen LogP contribution < -0.4 is 0 Å². The van der Waals surface area contributed by atoms with Gasteiger partial charge in [-0.2, -0.15) is 0 Å². The Morgan fingerprint density at radius 3 is 0.941 bits per heavy atom. The molecule has 0 saturated heterocycles. The molecule has 68 heavy (non-hydrogen) atoms. The van der Waals surface area contributed by atoms with Crippen molar-refractivity contribution >= 4 is 17.9 Å². The summed E-state index contributed by atoms with van der Waals surface area (Å²) in [5.74, 6) is -0.915. The molecule has 0 amide bonds. The minimum absolute atomic E-state index is 0.0856. The number of esters is 3. The molecule has 1 atom stereocenters. The second-order valence-electron chi connectivity index (χ2n) is 18.5. The van der Waals surface area contributed by atoms with Crippen LogP contribution in [0.15, 0.2) is 97.2 Å². The first kappa shape index (κ1) is 64.3. The van der Waals surface area contributed by atoms with E-state index in [1.807, 2.05) is 0 Å². The quantitative estimate of drug-likeness (QED) is 0.0262. The smallest absolute Gasteiger partial charge is 0.306 e. The van der Waals surface area contributed by atoms with Crippen LogP contribution >= 0.6 is 0 Å². The van der Waals surface area contributed by atoms with Gasteiger partial charge >= 0.3 is 17.9 Å². The van der Waals surface area contributed by atoms with Crippen molar-refractivity contribution in [1.29, 1.82) is 0 Å². The number of rotatable bonds is 50. The van der Waals surface area contributed by atoms with Crippen LogP contribution in [0.3, 0.4) is 0 Å². The van der Waals surface area contributed by atoms with Crippen LogP contribution in [0.25, 0.3) is 0 Å². The second-order valence-corrected chi connectivity index (χ2v) is 18.5. The van der Waals surface area contributed by atoms with Crippen LogP contribution in [0.2, 0.25) is 0 Å². The predicted molar refractivity (Wildman–Crippen MR) is 293 cm³/mol. The average molecular weight is 946 g/mol. The van der Waals surface area contributed by atoms with Gasteiger partial charge in [-0.15, -0.1) is 0 Å². The highest BCUT2D eigenvalue weighted by atomic mass is 16.6. The molecule has 0 aliphatic carbocycles. The van der Waals surface area contributed by atoms with Crippen LogP contribution in [0.1, 0.15) is 258 Å². The Labute approximate surface area is 419 Å². The average Bonchev–Trinajstić information content (AvgIpc) is 3.34. The van der Waals surface area contributed by atoms with E-state index < -0.39 is 6.10 Å². The molecule has 0 saturated carbocycles. The van der Waals surface area contributed by atoms with Crippen molar-refractivity contribution in [2.45, 2.75) is 264 Å². The monoisotopic (exact) mass is 945 g/mol. The lowest BCUT2D eigenvalue weighted by atomic mass is 10.1. The molecule has 0 rings (SSSR count). The third-order valence-electron chi connectivity index (χ3n) is 11.8. The number of ether oxygens (including phenoxy) is 3. The van der Waals surface area contributed by atoms with Crippen molar-refractivity contribution in [1.82, 2.24) is 0 Å². The zero-order valence-electron chi connectivity index (χ0n) is 44.3. The van der Waals surface area contributed by atoms with E-state index in [0.717, 1.165) is 135 Å². The summed E-state index contributed by atoms with van der Waals surface area (Å²) in [7, 11) is 0.